The Hall–Kier alpha value is -1.50. The summed E-state index contributed by atoms with van der Waals surface area (Å²) in [5, 5.41) is 20.0. The highest BCUT2D eigenvalue weighted by Gasteiger charge is 2.37. The summed E-state index contributed by atoms with van der Waals surface area (Å²) in [6.45, 7) is 4.77. The highest BCUT2D eigenvalue weighted by atomic mass is 19.1. The quantitative estimate of drug-likeness (QED) is 0.821. The third-order valence-corrected chi connectivity index (χ3v) is 4.19. The van der Waals surface area contributed by atoms with Gasteiger partial charge in [0.25, 0.3) is 0 Å². The SMILES string of the molecule is CC(C)CN(C(=O)CCc1ccc(F)cc1)[C@@H]1COC[C@@H](O)[C@H]1O. The molecule has 3 atom stereocenters. The fourth-order valence-electron chi connectivity index (χ4n) is 2.90. The van der Waals surface area contributed by atoms with Crippen LogP contribution >= 0.6 is 0 Å². The molecule has 0 radical (unpaired) electrons. The maximum absolute atomic E-state index is 12.9. The lowest BCUT2D eigenvalue weighted by Gasteiger charge is -2.40. The number of hydrogen-bond acceptors (Lipinski definition) is 4. The van der Waals surface area contributed by atoms with E-state index in [4.69, 9.17) is 4.74 Å². The van der Waals surface area contributed by atoms with Crippen molar-refractivity contribution in [2.45, 2.75) is 44.9 Å². The number of benzene rings is 1. The highest BCUT2D eigenvalue weighted by Crippen LogP contribution is 2.18. The van der Waals surface area contributed by atoms with Crippen LogP contribution < -0.4 is 0 Å². The van der Waals surface area contributed by atoms with Crippen LogP contribution in [-0.4, -0.2) is 59.0 Å². The fourth-order valence-corrected chi connectivity index (χ4v) is 2.90. The van der Waals surface area contributed by atoms with Crippen molar-refractivity contribution in [3.8, 4) is 0 Å². The number of hydrogen-bond donors (Lipinski definition) is 2. The molecule has 1 amide bonds. The first-order valence-corrected chi connectivity index (χ1v) is 8.36. The summed E-state index contributed by atoms with van der Waals surface area (Å²) < 4.78 is 18.2. The van der Waals surface area contributed by atoms with E-state index in [-0.39, 0.29) is 37.3 Å². The molecular formula is C18H26FNO4. The molecule has 0 unspecified atom stereocenters. The van der Waals surface area contributed by atoms with Crippen LogP contribution in [0.5, 0.6) is 0 Å². The number of halogens is 1. The minimum absolute atomic E-state index is 0.0803. The van der Waals surface area contributed by atoms with E-state index >= 15 is 0 Å². The molecule has 0 spiro atoms. The summed E-state index contributed by atoms with van der Waals surface area (Å²) in [4.78, 5) is 14.3. The average Bonchev–Trinajstić information content (AvgIpc) is 2.54. The predicted octanol–water partition coefficient (Wildman–Crippen LogP) is 1.36. The normalized spacial score (nSPS) is 24.2. The average molecular weight is 339 g/mol. The summed E-state index contributed by atoms with van der Waals surface area (Å²) in [6.07, 6.45) is -1.23. The second-order valence-electron chi connectivity index (χ2n) is 6.73. The standard InChI is InChI=1S/C18H26FNO4/c1-12(2)9-20(15-10-24-11-16(21)18(15)23)17(22)8-5-13-3-6-14(19)7-4-13/h3-4,6-7,12,15-16,18,21,23H,5,8-11H2,1-2H3/t15-,16-,18+/m1/s1. The maximum atomic E-state index is 12.9. The number of rotatable bonds is 6. The van der Waals surface area contributed by atoms with Crippen LogP contribution in [0.1, 0.15) is 25.8 Å². The first-order chi connectivity index (χ1) is 11.4. The van der Waals surface area contributed by atoms with Crippen LogP contribution in [-0.2, 0) is 16.0 Å². The zero-order valence-electron chi connectivity index (χ0n) is 14.2. The van der Waals surface area contributed by atoms with Gasteiger partial charge in [-0.15, -0.1) is 0 Å². The van der Waals surface area contributed by atoms with Crippen molar-refractivity contribution in [1.29, 1.82) is 0 Å². The smallest absolute Gasteiger partial charge is 0.223 e. The van der Waals surface area contributed by atoms with Gasteiger partial charge in [-0.05, 0) is 30.0 Å². The van der Waals surface area contributed by atoms with Gasteiger partial charge in [-0.3, -0.25) is 4.79 Å². The molecule has 0 saturated carbocycles. The minimum Gasteiger partial charge on any atom is -0.388 e. The molecule has 1 aliphatic heterocycles. The van der Waals surface area contributed by atoms with Gasteiger partial charge in [-0.25, -0.2) is 4.39 Å². The number of aliphatic hydroxyl groups is 2. The third-order valence-electron chi connectivity index (χ3n) is 4.19. The molecule has 2 N–H and O–H groups in total. The number of aryl methyl sites for hydroxylation is 1. The van der Waals surface area contributed by atoms with Crippen molar-refractivity contribution in [1.82, 2.24) is 4.90 Å². The maximum Gasteiger partial charge on any atom is 0.223 e. The van der Waals surface area contributed by atoms with Crippen molar-refractivity contribution in [3.05, 3.63) is 35.6 Å². The minimum atomic E-state index is -1.01. The lowest BCUT2D eigenvalue weighted by Crippen LogP contribution is -2.58. The van der Waals surface area contributed by atoms with E-state index in [2.05, 4.69) is 0 Å². The molecule has 2 rings (SSSR count). The monoisotopic (exact) mass is 339 g/mol. The molecule has 5 nitrogen and oxygen atoms in total. The van der Waals surface area contributed by atoms with Gasteiger partial charge >= 0.3 is 0 Å². The Balaban J connectivity index is 2.03. The number of carbonyl (C=O) groups is 1. The molecule has 1 aromatic carbocycles. The molecule has 1 fully saturated rings. The number of aliphatic hydroxyl groups excluding tert-OH is 2. The Morgan fingerprint density at radius 1 is 1.29 bits per heavy atom. The third kappa shape index (κ3) is 5.00. The van der Waals surface area contributed by atoms with Gasteiger partial charge in [0, 0.05) is 13.0 Å². The summed E-state index contributed by atoms with van der Waals surface area (Å²) in [7, 11) is 0. The molecule has 134 valence electrons. The molecule has 24 heavy (non-hydrogen) atoms. The second-order valence-corrected chi connectivity index (χ2v) is 6.73. The molecule has 1 aromatic rings. The number of carbonyl (C=O) groups excluding carboxylic acids is 1. The van der Waals surface area contributed by atoms with Gasteiger partial charge in [0.1, 0.15) is 18.0 Å². The van der Waals surface area contributed by atoms with Crippen LogP contribution in [0.2, 0.25) is 0 Å². The molecular weight excluding hydrogens is 313 g/mol. The Morgan fingerprint density at radius 3 is 2.58 bits per heavy atom. The molecule has 1 saturated heterocycles. The van der Waals surface area contributed by atoms with Crippen molar-refractivity contribution < 1.29 is 24.1 Å². The van der Waals surface area contributed by atoms with Crippen molar-refractivity contribution >= 4 is 5.91 Å². The second kappa shape index (κ2) is 8.55. The van der Waals surface area contributed by atoms with Crippen LogP contribution in [0, 0.1) is 11.7 Å². The van der Waals surface area contributed by atoms with E-state index in [0.717, 1.165) is 5.56 Å². The fraction of sp³-hybridized carbons (Fsp3) is 0.611. The van der Waals surface area contributed by atoms with E-state index < -0.39 is 18.2 Å². The van der Waals surface area contributed by atoms with Crippen molar-refractivity contribution in [2.75, 3.05) is 19.8 Å². The van der Waals surface area contributed by atoms with Gasteiger partial charge < -0.3 is 19.8 Å². The Morgan fingerprint density at radius 2 is 1.96 bits per heavy atom. The van der Waals surface area contributed by atoms with Gasteiger partial charge in [-0.2, -0.15) is 0 Å². The van der Waals surface area contributed by atoms with Gasteiger partial charge in [-0.1, -0.05) is 26.0 Å². The molecule has 1 heterocycles. The summed E-state index contributed by atoms with van der Waals surface area (Å²) >= 11 is 0. The van der Waals surface area contributed by atoms with Crippen molar-refractivity contribution in [3.63, 3.8) is 0 Å². The first kappa shape index (κ1) is 18.8. The van der Waals surface area contributed by atoms with Gasteiger partial charge in [0.15, 0.2) is 0 Å². The molecule has 0 aliphatic carbocycles. The largest absolute Gasteiger partial charge is 0.388 e. The van der Waals surface area contributed by atoms with E-state index in [0.29, 0.717) is 13.0 Å². The van der Waals surface area contributed by atoms with Crippen LogP contribution in [0.4, 0.5) is 4.39 Å². The molecule has 6 heteroatoms. The van der Waals surface area contributed by atoms with E-state index in [1.54, 1.807) is 17.0 Å². The Kier molecular flexibility index (Phi) is 6.71. The highest BCUT2D eigenvalue weighted by molar-refractivity contribution is 5.77. The van der Waals surface area contributed by atoms with E-state index in [1.165, 1.54) is 12.1 Å². The summed E-state index contributed by atoms with van der Waals surface area (Å²) in [5.74, 6) is -0.177. The number of amides is 1. The van der Waals surface area contributed by atoms with Crippen LogP contribution in [0.25, 0.3) is 0 Å². The first-order valence-electron chi connectivity index (χ1n) is 8.36. The predicted molar refractivity (Wildman–Crippen MR) is 87.9 cm³/mol. The van der Waals surface area contributed by atoms with Gasteiger partial charge in [0.05, 0.1) is 19.3 Å². The topological polar surface area (TPSA) is 70.0 Å². The van der Waals surface area contributed by atoms with Crippen LogP contribution in [0.15, 0.2) is 24.3 Å². The number of nitrogens with zero attached hydrogens (tertiary/aromatic N) is 1. The van der Waals surface area contributed by atoms with Crippen molar-refractivity contribution in [2.24, 2.45) is 5.92 Å². The number of ether oxygens (including phenoxy) is 1. The zero-order valence-corrected chi connectivity index (χ0v) is 14.2. The molecule has 0 aromatic heterocycles. The zero-order chi connectivity index (χ0) is 17.7. The van der Waals surface area contributed by atoms with E-state index in [9.17, 15) is 19.4 Å². The van der Waals surface area contributed by atoms with Gasteiger partial charge in [0.2, 0.25) is 5.91 Å². The Bertz CT molecular complexity index is 534. The molecule has 1 aliphatic rings. The lowest BCUT2D eigenvalue weighted by molar-refractivity contribution is -0.157. The lowest BCUT2D eigenvalue weighted by atomic mass is 10.00. The van der Waals surface area contributed by atoms with E-state index in [1.807, 2.05) is 13.8 Å². The summed E-state index contributed by atoms with van der Waals surface area (Å²) in [6, 6.07) is 5.54. The molecule has 0 bridgehead atoms. The van der Waals surface area contributed by atoms with Crippen LogP contribution in [0.3, 0.4) is 0 Å². The summed E-state index contributed by atoms with van der Waals surface area (Å²) in [5.41, 5.74) is 0.884. The Labute approximate surface area is 142 Å².